The number of fused-ring (bicyclic) bond motifs is 1. The second-order valence-corrected chi connectivity index (χ2v) is 7.44. The van der Waals surface area contributed by atoms with Crippen molar-refractivity contribution in [1.82, 2.24) is 9.97 Å². The number of hydrogen-bond donors (Lipinski definition) is 1. The van der Waals surface area contributed by atoms with Gasteiger partial charge in [0.05, 0.1) is 32.7 Å². The van der Waals surface area contributed by atoms with Gasteiger partial charge in [0.2, 0.25) is 0 Å². The van der Waals surface area contributed by atoms with Crippen molar-refractivity contribution in [3.63, 3.8) is 0 Å². The van der Waals surface area contributed by atoms with Crippen LogP contribution in [0.2, 0.25) is 5.02 Å². The van der Waals surface area contributed by atoms with E-state index in [1.807, 2.05) is 25.1 Å². The number of carbonyl (C=O) groups is 1. The number of esters is 1. The Morgan fingerprint density at radius 3 is 2.86 bits per heavy atom. The summed E-state index contributed by atoms with van der Waals surface area (Å²) in [5.41, 5.74) is 3.79. The number of aromatic nitrogens is 2. The van der Waals surface area contributed by atoms with Crippen LogP contribution in [0.3, 0.4) is 0 Å². The van der Waals surface area contributed by atoms with Gasteiger partial charge < -0.3 is 14.5 Å². The summed E-state index contributed by atoms with van der Waals surface area (Å²) >= 11 is 9.70. The fourth-order valence-electron chi connectivity index (χ4n) is 2.71. The molecule has 0 bridgehead atoms. The lowest BCUT2D eigenvalue weighted by Gasteiger charge is -2.10. The van der Waals surface area contributed by atoms with Crippen molar-refractivity contribution in [2.24, 2.45) is 0 Å². The van der Waals surface area contributed by atoms with Gasteiger partial charge in [-0.25, -0.2) is 9.78 Å². The lowest BCUT2D eigenvalue weighted by molar-refractivity contribution is -0.145. The molecule has 0 saturated heterocycles. The average Bonchev–Trinajstić information content (AvgIpc) is 3.08. The van der Waals surface area contributed by atoms with Crippen LogP contribution in [0.5, 0.6) is 5.75 Å². The minimum atomic E-state index is -0.480. The van der Waals surface area contributed by atoms with E-state index in [1.165, 1.54) is 0 Å². The predicted octanol–water partition coefficient (Wildman–Crippen LogP) is 5.29. The first-order valence-corrected chi connectivity index (χ1v) is 9.94. The number of ether oxygens (including phenoxy) is 2. The summed E-state index contributed by atoms with van der Waals surface area (Å²) in [6.45, 7) is 3.74. The van der Waals surface area contributed by atoms with Crippen molar-refractivity contribution < 1.29 is 14.3 Å². The number of nitrogens with one attached hydrogen (secondary N) is 1. The molecular formula is C21H17BrClN3O3. The predicted molar refractivity (Wildman–Crippen MR) is 116 cm³/mol. The topological polar surface area (TPSA) is 88.0 Å². The van der Waals surface area contributed by atoms with Crippen molar-refractivity contribution >= 4 is 56.2 Å². The molecule has 0 fully saturated rings. The number of H-pyrrole nitrogens is 1. The molecule has 8 heteroatoms. The molecule has 1 heterocycles. The zero-order valence-electron chi connectivity index (χ0n) is 15.8. The first-order valence-electron chi connectivity index (χ1n) is 8.77. The number of halogens is 2. The molecule has 0 aliphatic heterocycles. The molecule has 3 aromatic rings. The molecule has 1 N–H and O–H groups in total. The zero-order valence-corrected chi connectivity index (χ0v) is 18.1. The number of imidazole rings is 1. The Bertz CT molecular complexity index is 1120. The smallest absolute Gasteiger partial charge is 0.344 e. The van der Waals surface area contributed by atoms with Crippen LogP contribution in [0.4, 0.5) is 0 Å². The number of nitriles is 1. The molecule has 148 valence electrons. The van der Waals surface area contributed by atoms with Crippen LogP contribution in [-0.4, -0.2) is 29.2 Å². The Morgan fingerprint density at radius 1 is 1.38 bits per heavy atom. The standard InChI is InChI=1S/C21H17BrClN3O3/c1-3-28-19(27)11-29-20-15(22)8-13(9-16(20)23)7-14(10-24)21-25-17-5-4-12(2)6-18(17)26-21/h4-9H,3,11H2,1-2H3,(H,25,26). The second-order valence-electron chi connectivity index (χ2n) is 6.18. The van der Waals surface area contributed by atoms with E-state index in [0.717, 1.165) is 16.6 Å². The molecule has 0 spiro atoms. The molecule has 29 heavy (non-hydrogen) atoms. The van der Waals surface area contributed by atoms with Crippen LogP contribution in [0.1, 0.15) is 23.9 Å². The highest BCUT2D eigenvalue weighted by molar-refractivity contribution is 9.10. The van der Waals surface area contributed by atoms with Gasteiger partial charge >= 0.3 is 5.97 Å². The zero-order chi connectivity index (χ0) is 21.0. The molecule has 0 radical (unpaired) electrons. The fraction of sp³-hybridized carbons (Fsp3) is 0.190. The molecule has 0 atom stereocenters. The maximum atomic E-state index is 11.5. The molecular weight excluding hydrogens is 458 g/mol. The summed E-state index contributed by atoms with van der Waals surface area (Å²) in [4.78, 5) is 19.1. The van der Waals surface area contributed by atoms with Crippen LogP contribution in [0, 0.1) is 18.3 Å². The first kappa shape index (κ1) is 20.9. The number of benzene rings is 2. The van der Waals surface area contributed by atoms with Crippen molar-refractivity contribution in [3.8, 4) is 11.8 Å². The largest absolute Gasteiger partial charge is 0.479 e. The van der Waals surface area contributed by atoms with E-state index in [0.29, 0.717) is 32.2 Å². The highest BCUT2D eigenvalue weighted by atomic mass is 79.9. The van der Waals surface area contributed by atoms with E-state index in [9.17, 15) is 10.1 Å². The van der Waals surface area contributed by atoms with Gasteiger partial charge in [-0.05, 0) is 71.2 Å². The van der Waals surface area contributed by atoms with Gasteiger partial charge in [0.1, 0.15) is 11.9 Å². The SMILES string of the molecule is CCOC(=O)COc1c(Cl)cc(C=C(C#N)c2nc3ccc(C)cc3[nH]2)cc1Br. The Hall–Kier alpha value is -2.82. The third-order valence-electron chi connectivity index (χ3n) is 3.98. The molecule has 3 rings (SSSR count). The Kier molecular flexibility index (Phi) is 6.57. The molecule has 2 aromatic carbocycles. The van der Waals surface area contributed by atoms with Crippen molar-refractivity contribution in [3.05, 3.63) is 56.8 Å². The summed E-state index contributed by atoms with van der Waals surface area (Å²) in [5, 5.41) is 9.91. The van der Waals surface area contributed by atoms with Crippen molar-refractivity contribution in [2.75, 3.05) is 13.2 Å². The van der Waals surface area contributed by atoms with Gasteiger partial charge in [0.15, 0.2) is 12.4 Å². The highest BCUT2D eigenvalue weighted by Crippen LogP contribution is 2.35. The summed E-state index contributed by atoms with van der Waals surface area (Å²) in [7, 11) is 0. The van der Waals surface area contributed by atoms with Gasteiger partial charge in [-0.15, -0.1) is 0 Å². The maximum Gasteiger partial charge on any atom is 0.344 e. The Balaban J connectivity index is 1.89. The molecule has 0 unspecified atom stereocenters. The van der Waals surface area contributed by atoms with Crippen LogP contribution in [0.25, 0.3) is 22.7 Å². The lowest BCUT2D eigenvalue weighted by atomic mass is 10.1. The van der Waals surface area contributed by atoms with Crippen LogP contribution >= 0.6 is 27.5 Å². The van der Waals surface area contributed by atoms with E-state index in [-0.39, 0.29) is 13.2 Å². The number of aromatic amines is 1. The fourth-order valence-corrected chi connectivity index (χ4v) is 3.69. The first-order chi connectivity index (χ1) is 13.9. The number of carbonyl (C=O) groups excluding carboxylic acids is 1. The van der Waals surface area contributed by atoms with Crippen LogP contribution < -0.4 is 4.74 Å². The molecule has 1 aromatic heterocycles. The molecule has 6 nitrogen and oxygen atoms in total. The minimum absolute atomic E-state index is 0.247. The minimum Gasteiger partial charge on any atom is -0.479 e. The molecule has 0 aliphatic rings. The Labute approximate surface area is 181 Å². The molecule has 0 amide bonds. The third kappa shape index (κ3) is 4.97. The lowest BCUT2D eigenvalue weighted by Crippen LogP contribution is -2.14. The molecule has 0 saturated carbocycles. The van der Waals surface area contributed by atoms with Gasteiger partial charge in [0, 0.05) is 0 Å². The number of hydrogen-bond acceptors (Lipinski definition) is 5. The van der Waals surface area contributed by atoms with Gasteiger partial charge in [-0.1, -0.05) is 17.7 Å². The third-order valence-corrected chi connectivity index (χ3v) is 4.85. The van der Waals surface area contributed by atoms with Crippen LogP contribution in [-0.2, 0) is 9.53 Å². The number of rotatable bonds is 6. The van der Waals surface area contributed by atoms with E-state index < -0.39 is 5.97 Å². The van der Waals surface area contributed by atoms with Gasteiger partial charge in [0.25, 0.3) is 0 Å². The summed E-state index contributed by atoms with van der Waals surface area (Å²) < 4.78 is 10.8. The van der Waals surface area contributed by atoms with E-state index in [2.05, 4.69) is 32.0 Å². The van der Waals surface area contributed by atoms with Crippen LogP contribution in [0.15, 0.2) is 34.8 Å². The van der Waals surface area contributed by atoms with Crippen molar-refractivity contribution in [2.45, 2.75) is 13.8 Å². The molecule has 0 aliphatic carbocycles. The normalized spacial score (nSPS) is 11.3. The highest BCUT2D eigenvalue weighted by Gasteiger charge is 2.13. The van der Waals surface area contributed by atoms with Gasteiger partial charge in [-0.3, -0.25) is 0 Å². The number of aryl methyl sites for hydroxylation is 1. The monoisotopic (exact) mass is 473 g/mol. The van der Waals surface area contributed by atoms with E-state index >= 15 is 0 Å². The van der Waals surface area contributed by atoms with Gasteiger partial charge in [-0.2, -0.15) is 5.26 Å². The summed E-state index contributed by atoms with van der Waals surface area (Å²) in [6, 6.07) is 11.4. The van der Waals surface area contributed by atoms with Crippen molar-refractivity contribution in [1.29, 1.82) is 5.26 Å². The Morgan fingerprint density at radius 2 is 2.17 bits per heavy atom. The summed E-state index contributed by atoms with van der Waals surface area (Å²) in [5.74, 6) is 0.323. The van der Waals surface area contributed by atoms with E-state index in [1.54, 1.807) is 25.1 Å². The van der Waals surface area contributed by atoms with E-state index in [4.69, 9.17) is 21.1 Å². The maximum absolute atomic E-state index is 11.5. The number of nitrogens with zero attached hydrogens (tertiary/aromatic N) is 2. The quantitative estimate of drug-likeness (QED) is 0.387. The summed E-state index contributed by atoms with van der Waals surface area (Å²) in [6.07, 6.45) is 1.68. The average molecular weight is 475 g/mol. The number of allylic oxidation sites excluding steroid dienone is 1. The second kappa shape index (κ2) is 9.12.